The van der Waals surface area contributed by atoms with E-state index in [0.29, 0.717) is 23.4 Å². The number of rotatable bonds is 6. The van der Waals surface area contributed by atoms with Crippen LogP contribution in [0.25, 0.3) is 0 Å². The average Bonchev–Trinajstić information content (AvgIpc) is 2.96. The Morgan fingerprint density at radius 2 is 2.10 bits per heavy atom. The van der Waals surface area contributed by atoms with Gasteiger partial charge in [0, 0.05) is 19.0 Å². The summed E-state index contributed by atoms with van der Waals surface area (Å²) < 4.78 is 1.79. The molecule has 0 aromatic carbocycles. The molecule has 5 heteroatoms. The summed E-state index contributed by atoms with van der Waals surface area (Å²) >= 11 is 6.05. The van der Waals surface area contributed by atoms with Crippen molar-refractivity contribution in [2.24, 2.45) is 11.8 Å². The third-order valence-corrected chi connectivity index (χ3v) is 4.91. The molecule has 1 heterocycles. The van der Waals surface area contributed by atoms with Gasteiger partial charge in [-0.05, 0) is 44.1 Å². The van der Waals surface area contributed by atoms with Gasteiger partial charge in [0.1, 0.15) is 5.69 Å². The fourth-order valence-corrected chi connectivity index (χ4v) is 3.54. The highest BCUT2D eigenvalue weighted by Gasteiger charge is 2.25. The number of nitrogens with zero attached hydrogens (tertiary/aromatic N) is 2. The number of hydrogen-bond acceptors (Lipinski definition) is 2. The number of nitrogens with one attached hydrogen (secondary N) is 1. The maximum absolute atomic E-state index is 12.4. The van der Waals surface area contributed by atoms with E-state index in [2.05, 4.69) is 17.3 Å². The van der Waals surface area contributed by atoms with E-state index in [1.165, 1.54) is 25.7 Å². The summed E-state index contributed by atoms with van der Waals surface area (Å²) in [6.07, 6.45) is 5.73. The largest absolute Gasteiger partial charge is 0.350 e. The number of aromatic nitrogens is 2. The van der Waals surface area contributed by atoms with E-state index in [1.807, 2.05) is 13.0 Å². The highest BCUT2D eigenvalue weighted by molar-refractivity contribution is 6.18. The number of aryl methyl sites for hydroxylation is 2. The summed E-state index contributed by atoms with van der Waals surface area (Å²) in [7, 11) is 0. The molecule has 118 valence electrons. The molecule has 1 aromatic rings. The van der Waals surface area contributed by atoms with Crippen molar-refractivity contribution in [3.8, 4) is 0 Å². The van der Waals surface area contributed by atoms with Crippen LogP contribution in [0, 0.1) is 11.8 Å². The first-order chi connectivity index (χ1) is 10.2. The van der Waals surface area contributed by atoms with Gasteiger partial charge in [0.15, 0.2) is 0 Å². The van der Waals surface area contributed by atoms with Gasteiger partial charge in [0.2, 0.25) is 0 Å². The summed E-state index contributed by atoms with van der Waals surface area (Å²) in [4.78, 5) is 12.4. The molecular weight excluding hydrogens is 286 g/mol. The van der Waals surface area contributed by atoms with E-state index in [-0.39, 0.29) is 5.91 Å². The minimum atomic E-state index is -0.0112. The van der Waals surface area contributed by atoms with E-state index in [1.54, 1.807) is 4.68 Å². The highest BCUT2D eigenvalue weighted by atomic mass is 35.5. The highest BCUT2D eigenvalue weighted by Crippen LogP contribution is 2.30. The summed E-state index contributed by atoms with van der Waals surface area (Å²) in [6.45, 7) is 5.51. The van der Waals surface area contributed by atoms with Crippen LogP contribution in [-0.4, -0.2) is 28.1 Å². The van der Waals surface area contributed by atoms with Crippen molar-refractivity contribution < 1.29 is 4.79 Å². The van der Waals surface area contributed by atoms with Crippen molar-refractivity contribution in [2.75, 3.05) is 12.4 Å². The molecule has 1 fully saturated rings. The topological polar surface area (TPSA) is 46.9 Å². The Kier molecular flexibility index (Phi) is 6.09. The molecule has 0 spiro atoms. The molecule has 1 N–H and O–H groups in total. The zero-order chi connectivity index (χ0) is 15.2. The quantitative estimate of drug-likeness (QED) is 0.820. The molecule has 2 rings (SSSR count). The fraction of sp³-hybridized carbons (Fsp3) is 0.750. The normalized spacial score (nSPS) is 22.2. The smallest absolute Gasteiger partial charge is 0.269 e. The molecule has 0 bridgehead atoms. The second-order valence-electron chi connectivity index (χ2n) is 5.86. The summed E-state index contributed by atoms with van der Waals surface area (Å²) in [5.74, 6) is 1.75. The molecular formula is C16H26ClN3O. The minimum Gasteiger partial charge on any atom is -0.350 e. The van der Waals surface area contributed by atoms with Crippen LogP contribution in [0.15, 0.2) is 6.07 Å². The molecule has 2 atom stereocenters. The SMILES string of the molecule is CCc1cc(C(=O)NCC2CCCCC2CCl)n(CC)n1. The lowest BCUT2D eigenvalue weighted by Gasteiger charge is -2.30. The second kappa shape index (κ2) is 7.83. The molecule has 1 saturated carbocycles. The summed E-state index contributed by atoms with van der Waals surface area (Å²) in [6, 6.07) is 1.90. The van der Waals surface area contributed by atoms with E-state index in [4.69, 9.17) is 11.6 Å². The maximum Gasteiger partial charge on any atom is 0.269 e. The lowest BCUT2D eigenvalue weighted by molar-refractivity contribution is 0.0926. The first-order valence-electron chi connectivity index (χ1n) is 8.10. The Bertz CT molecular complexity index is 472. The van der Waals surface area contributed by atoms with Gasteiger partial charge >= 0.3 is 0 Å². The Balaban J connectivity index is 1.96. The van der Waals surface area contributed by atoms with Crippen LogP contribution in [-0.2, 0) is 13.0 Å². The monoisotopic (exact) mass is 311 g/mol. The Morgan fingerprint density at radius 1 is 1.38 bits per heavy atom. The van der Waals surface area contributed by atoms with E-state index >= 15 is 0 Å². The number of carbonyl (C=O) groups is 1. The molecule has 1 aliphatic rings. The van der Waals surface area contributed by atoms with Gasteiger partial charge in [-0.15, -0.1) is 11.6 Å². The molecule has 0 aliphatic heterocycles. The Hall–Kier alpha value is -1.03. The molecule has 1 amide bonds. The van der Waals surface area contributed by atoms with Crippen molar-refractivity contribution in [1.29, 1.82) is 0 Å². The summed E-state index contributed by atoms with van der Waals surface area (Å²) in [5, 5.41) is 7.52. The molecule has 1 aliphatic carbocycles. The third kappa shape index (κ3) is 4.00. The van der Waals surface area contributed by atoms with Gasteiger partial charge in [-0.1, -0.05) is 19.8 Å². The van der Waals surface area contributed by atoms with Gasteiger partial charge in [0.05, 0.1) is 5.69 Å². The zero-order valence-electron chi connectivity index (χ0n) is 13.1. The number of hydrogen-bond donors (Lipinski definition) is 1. The molecule has 0 saturated heterocycles. The average molecular weight is 312 g/mol. The first kappa shape index (κ1) is 16.3. The Labute approximate surface area is 132 Å². The number of amides is 1. The summed E-state index contributed by atoms with van der Waals surface area (Å²) in [5.41, 5.74) is 1.64. The lowest BCUT2D eigenvalue weighted by atomic mass is 9.80. The predicted molar refractivity (Wildman–Crippen MR) is 85.8 cm³/mol. The lowest BCUT2D eigenvalue weighted by Crippen LogP contribution is -2.35. The van der Waals surface area contributed by atoms with Gasteiger partial charge in [-0.3, -0.25) is 9.48 Å². The van der Waals surface area contributed by atoms with Crippen LogP contribution in [0.2, 0.25) is 0 Å². The second-order valence-corrected chi connectivity index (χ2v) is 6.17. The first-order valence-corrected chi connectivity index (χ1v) is 8.63. The van der Waals surface area contributed by atoms with Gasteiger partial charge in [0.25, 0.3) is 5.91 Å². The van der Waals surface area contributed by atoms with Crippen LogP contribution >= 0.6 is 11.6 Å². The van der Waals surface area contributed by atoms with Crippen LogP contribution in [0.1, 0.15) is 55.7 Å². The number of alkyl halides is 1. The fourth-order valence-electron chi connectivity index (χ4n) is 3.14. The van der Waals surface area contributed by atoms with Crippen molar-refractivity contribution in [2.45, 2.75) is 52.5 Å². The van der Waals surface area contributed by atoms with Crippen molar-refractivity contribution in [3.63, 3.8) is 0 Å². The van der Waals surface area contributed by atoms with E-state index < -0.39 is 0 Å². The van der Waals surface area contributed by atoms with Crippen LogP contribution in [0.4, 0.5) is 0 Å². The van der Waals surface area contributed by atoms with Gasteiger partial charge in [-0.25, -0.2) is 0 Å². The molecule has 0 radical (unpaired) electrons. The van der Waals surface area contributed by atoms with Crippen LogP contribution in [0.5, 0.6) is 0 Å². The minimum absolute atomic E-state index is 0.0112. The van der Waals surface area contributed by atoms with Crippen molar-refractivity contribution in [3.05, 3.63) is 17.5 Å². The van der Waals surface area contributed by atoms with Crippen LogP contribution in [0.3, 0.4) is 0 Å². The van der Waals surface area contributed by atoms with Crippen molar-refractivity contribution in [1.82, 2.24) is 15.1 Å². The van der Waals surface area contributed by atoms with Crippen molar-refractivity contribution >= 4 is 17.5 Å². The molecule has 4 nitrogen and oxygen atoms in total. The van der Waals surface area contributed by atoms with E-state index in [9.17, 15) is 4.79 Å². The zero-order valence-corrected chi connectivity index (χ0v) is 13.8. The number of carbonyl (C=O) groups excluding carboxylic acids is 1. The van der Waals surface area contributed by atoms with Gasteiger partial charge < -0.3 is 5.32 Å². The van der Waals surface area contributed by atoms with Crippen LogP contribution < -0.4 is 5.32 Å². The molecule has 1 aromatic heterocycles. The maximum atomic E-state index is 12.4. The molecule has 21 heavy (non-hydrogen) atoms. The van der Waals surface area contributed by atoms with E-state index in [0.717, 1.165) is 25.2 Å². The third-order valence-electron chi connectivity index (χ3n) is 4.51. The van der Waals surface area contributed by atoms with Gasteiger partial charge in [-0.2, -0.15) is 5.10 Å². The predicted octanol–water partition coefficient (Wildman–Crippen LogP) is 3.24. The standard InChI is InChI=1S/C16H26ClN3O/c1-3-14-9-15(20(4-2)19-14)16(21)18-11-13-8-6-5-7-12(13)10-17/h9,12-13H,3-8,10-11H2,1-2H3,(H,18,21). The Morgan fingerprint density at radius 3 is 2.71 bits per heavy atom. The number of halogens is 1. The molecule has 2 unspecified atom stereocenters.